The molecule has 0 bridgehead atoms. The molecule has 0 aliphatic carbocycles. The SMILES string of the molecule is CC#CCC(CC=C(C)C)(C(=O)OC)C(=O)OC. The minimum absolute atomic E-state index is 0.0899. The lowest BCUT2D eigenvalue weighted by atomic mass is 9.80. The predicted molar refractivity (Wildman–Crippen MR) is 68.6 cm³/mol. The van der Waals surface area contributed by atoms with E-state index in [2.05, 4.69) is 11.8 Å². The highest BCUT2D eigenvalue weighted by Gasteiger charge is 2.47. The molecule has 0 unspecified atom stereocenters. The zero-order chi connectivity index (χ0) is 14.2. The van der Waals surface area contributed by atoms with Crippen molar-refractivity contribution in [2.75, 3.05) is 14.2 Å². The molecule has 0 aromatic carbocycles. The van der Waals surface area contributed by atoms with Crippen molar-refractivity contribution in [3.05, 3.63) is 11.6 Å². The van der Waals surface area contributed by atoms with Crippen LogP contribution < -0.4 is 0 Å². The molecule has 0 N–H and O–H groups in total. The molecule has 0 saturated heterocycles. The summed E-state index contributed by atoms with van der Waals surface area (Å²) in [5, 5.41) is 0. The molecule has 0 saturated carbocycles. The number of esters is 2. The summed E-state index contributed by atoms with van der Waals surface area (Å²) < 4.78 is 9.46. The van der Waals surface area contributed by atoms with Crippen molar-refractivity contribution in [2.24, 2.45) is 5.41 Å². The first kappa shape index (κ1) is 16.2. The van der Waals surface area contributed by atoms with Crippen molar-refractivity contribution in [3.8, 4) is 11.8 Å². The van der Waals surface area contributed by atoms with Gasteiger partial charge in [0.25, 0.3) is 0 Å². The fourth-order valence-electron chi connectivity index (χ4n) is 1.47. The van der Waals surface area contributed by atoms with E-state index in [0.717, 1.165) is 5.57 Å². The molecule has 100 valence electrons. The van der Waals surface area contributed by atoms with Crippen LogP contribution in [0.3, 0.4) is 0 Å². The third-order valence-electron chi connectivity index (χ3n) is 2.58. The fourth-order valence-corrected chi connectivity index (χ4v) is 1.47. The largest absolute Gasteiger partial charge is 0.468 e. The Morgan fingerprint density at radius 2 is 1.67 bits per heavy atom. The van der Waals surface area contributed by atoms with Crippen molar-refractivity contribution in [2.45, 2.75) is 33.6 Å². The second-order valence-electron chi connectivity index (χ2n) is 4.15. The van der Waals surface area contributed by atoms with Gasteiger partial charge in [-0.05, 0) is 27.2 Å². The van der Waals surface area contributed by atoms with Crippen molar-refractivity contribution in [3.63, 3.8) is 0 Å². The summed E-state index contributed by atoms with van der Waals surface area (Å²) in [5.41, 5.74) is -0.360. The highest BCUT2D eigenvalue weighted by Crippen LogP contribution is 2.31. The number of carbonyl (C=O) groups excluding carboxylic acids is 2. The zero-order valence-corrected chi connectivity index (χ0v) is 11.6. The number of carbonyl (C=O) groups is 2. The topological polar surface area (TPSA) is 52.6 Å². The van der Waals surface area contributed by atoms with E-state index < -0.39 is 17.4 Å². The smallest absolute Gasteiger partial charge is 0.324 e. The first-order chi connectivity index (χ1) is 8.44. The van der Waals surface area contributed by atoms with Crippen LogP contribution in [-0.2, 0) is 19.1 Å². The molecular formula is C14H20O4. The third-order valence-corrected chi connectivity index (χ3v) is 2.58. The van der Waals surface area contributed by atoms with Gasteiger partial charge in [0.05, 0.1) is 14.2 Å². The number of ether oxygens (including phenoxy) is 2. The molecule has 0 amide bonds. The molecule has 4 heteroatoms. The summed E-state index contributed by atoms with van der Waals surface area (Å²) >= 11 is 0. The molecule has 0 aromatic heterocycles. The predicted octanol–water partition coefficient (Wildman–Crippen LogP) is 2.09. The van der Waals surface area contributed by atoms with Crippen LogP contribution in [0.4, 0.5) is 0 Å². The molecule has 4 nitrogen and oxygen atoms in total. The van der Waals surface area contributed by atoms with Crippen molar-refractivity contribution in [1.82, 2.24) is 0 Å². The van der Waals surface area contributed by atoms with Crippen LogP contribution in [0.25, 0.3) is 0 Å². The maximum atomic E-state index is 11.9. The van der Waals surface area contributed by atoms with Crippen LogP contribution >= 0.6 is 0 Å². The van der Waals surface area contributed by atoms with Gasteiger partial charge in [0.15, 0.2) is 5.41 Å². The van der Waals surface area contributed by atoms with Crippen LogP contribution in [0, 0.1) is 17.3 Å². The molecule has 0 aliphatic rings. The minimum atomic E-state index is -1.37. The Hall–Kier alpha value is -1.76. The van der Waals surface area contributed by atoms with Gasteiger partial charge in [-0.3, -0.25) is 9.59 Å². The molecule has 0 aromatic rings. The van der Waals surface area contributed by atoms with Crippen LogP contribution in [0.1, 0.15) is 33.6 Å². The number of rotatable bonds is 5. The standard InChI is InChI=1S/C14H20O4/c1-6-7-9-14(12(15)17-4,13(16)18-5)10-8-11(2)3/h8H,9-10H2,1-5H3. The normalized spacial score (nSPS) is 9.83. The van der Waals surface area contributed by atoms with Crippen LogP contribution in [0.2, 0.25) is 0 Å². The van der Waals surface area contributed by atoms with E-state index in [1.54, 1.807) is 6.92 Å². The lowest BCUT2D eigenvalue weighted by molar-refractivity contribution is -0.168. The lowest BCUT2D eigenvalue weighted by Gasteiger charge is -2.25. The maximum absolute atomic E-state index is 11.9. The minimum Gasteiger partial charge on any atom is -0.468 e. The Morgan fingerprint density at radius 1 is 1.17 bits per heavy atom. The van der Waals surface area contributed by atoms with E-state index in [1.807, 2.05) is 19.9 Å². The molecule has 0 spiro atoms. The van der Waals surface area contributed by atoms with Gasteiger partial charge in [-0.2, -0.15) is 0 Å². The van der Waals surface area contributed by atoms with Crippen molar-refractivity contribution in [1.29, 1.82) is 0 Å². The van der Waals surface area contributed by atoms with E-state index in [-0.39, 0.29) is 12.8 Å². The molecule has 0 aliphatic heterocycles. The first-order valence-corrected chi connectivity index (χ1v) is 5.64. The second kappa shape index (κ2) is 7.54. The van der Waals surface area contributed by atoms with Gasteiger partial charge in [0.1, 0.15) is 0 Å². The van der Waals surface area contributed by atoms with E-state index in [9.17, 15) is 9.59 Å². The molecule has 0 radical (unpaired) electrons. The number of hydrogen-bond donors (Lipinski definition) is 0. The Kier molecular flexibility index (Phi) is 6.81. The van der Waals surface area contributed by atoms with Gasteiger partial charge in [0, 0.05) is 6.42 Å². The quantitative estimate of drug-likeness (QED) is 0.325. The Balaban J connectivity index is 5.50. The molecule has 0 rings (SSSR count). The summed E-state index contributed by atoms with van der Waals surface area (Å²) in [7, 11) is 2.50. The summed E-state index contributed by atoms with van der Waals surface area (Å²) in [4.78, 5) is 23.9. The summed E-state index contributed by atoms with van der Waals surface area (Å²) in [5.74, 6) is 4.21. The fraction of sp³-hybridized carbons (Fsp3) is 0.571. The summed E-state index contributed by atoms with van der Waals surface area (Å²) in [6.07, 6.45) is 2.13. The van der Waals surface area contributed by atoms with Gasteiger partial charge < -0.3 is 9.47 Å². The average molecular weight is 252 g/mol. The molecule has 0 heterocycles. The van der Waals surface area contributed by atoms with E-state index >= 15 is 0 Å². The first-order valence-electron chi connectivity index (χ1n) is 5.64. The Labute approximate surface area is 108 Å². The van der Waals surface area contributed by atoms with Gasteiger partial charge in [-0.1, -0.05) is 11.6 Å². The van der Waals surface area contributed by atoms with Gasteiger partial charge in [-0.15, -0.1) is 11.8 Å². The summed E-state index contributed by atoms with van der Waals surface area (Å²) in [6.45, 7) is 5.44. The van der Waals surface area contributed by atoms with Gasteiger partial charge >= 0.3 is 11.9 Å². The lowest BCUT2D eigenvalue weighted by Crippen LogP contribution is -2.40. The maximum Gasteiger partial charge on any atom is 0.324 e. The monoisotopic (exact) mass is 252 g/mol. The van der Waals surface area contributed by atoms with Gasteiger partial charge in [0.2, 0.25) is 0 Å². The number of hydrogen-bond acceptors (Lipinski definition) is 4. The van der Waals surface area contributed by atoms with Crippen molar-refractivity contribution >= 4 is 11.9 Å². The molecule has 18 heavy (non-hydrogen) atoms. The van der Waals surface area contributed by atoms with Crippen LogP contribution in [0.15, 0.2) is 11.6 Å². The zero-order valence-electron chi connectivity index (χ0n) is 11.6. The number of methoxy groups -OCH3 is 2. The van der Waals surface area contributed by atoms with Gasteiger partial charge in [-0.25, -0.2) is 0 Å². The van der Waals surface area contributed by atoms with Crippen molar-refractivity contribution < 1.29 is 19.1 Å². The van der Waals surface area contributed by atoms with Crippen LogP contribution in [-0.4, -0.2) is 26.2 Å². The van der Waals surface area contributed by atoms with E-state index in [0.29, 0.717) is 0 Å². The van der Waals surface area contributed by atoms with E-state index in [4.69, 9.17) is 9.47 Å². The highest BCUT2D eigenvalue weighted by molar-refractivity contribution is 6.00. The Bertz CT molecular complexity index is 376. The average Bonchev–Trinajstić information content (AvgIpc) is 2.37. The van der Waals surface area contributed by atoms with E-state index in [1.165, 1.54) is 14.2 Å². The molecule has 0 atom stereocenters. The summed E-state index contributed by atoms with van der Waals surface area (Å²) in [6, 6.07) is 0. The molecular weight excluding hydrogens is 232 g/mol. The number of allylic oxidation sites excluding steroid dienone is 2. The van der Waals surface area contributed by atoms with Crippen LogP contribution in [0.5, 0.6) is 0 Å². The molecule has 0 fully saturated rings. The third kappa shape index (κ3) is 3.92. The highest BCUT2D eigenvalue weighted by atomic mass is 16.5. The second-order valence-corrected chi connectivity index (χ2v) is 4.15. The Morgan fingerprint density at radius 3 is 2.00 bits per heavy atom.